The Balaban J connectivity index is 0.000000110. The third kappa shape index (κ3) is 13.0. The summed E-state index contributed by atoms with van der Waals surface area (Å²) in [5, 5.41) is 10.8. The minimum atomic E-state index is -2.43. The molecular weight excluding hydrogens is 1470 g/mol. The molecule has 0 fully saturated rings. The van der Waals surface area contributed by atoms with Crippen LogP contribution in [0.3, 0.4) is 0 Å². The van der Waals surface area contributed by atoms with Crippen molar-refractivity contribution < 1.29 is 38.5 Å². The number of fused-ring (bicyclic) bond motifs is 17. The fourth-order valence-electron chi connectivity index (χ4n) is 18.2. The van der Waals surface area contributed by atoms with Crippen molar-refractivity contribution in [2.45, 2.75) is 160 Å². The minimum Gasteiger partial charge on any atom is -0.454 e. The molecule has 15 heteroatoms. The maximum Gasteiger partial charge on any atom is 0.159 e. The van der Waals surface area contributed by atoms with Gasteiger partial charge in [0, 0.05) is 135 Å². The summed E-state index contributed by atoms with van der Waals surface area (Å²) < 4.78 is 127. The Morgan fingerprint density at radius 3 is 0.916 bits per heavy atom. The van der Waals surface area contributed by atoms with Gasteiger partial charge in [-0.3, -0.25) is 0 Å². The van der Waals surface area contributed by atoms with E-state index >= 15 is 0 Å². The van der Waals surface area contributed by atoms with E-state index in [0.717, 1.165) is 177 Å². The van der Waals surface area contributed by atoms with Gasteiger partial charge in [-0.15, -0.1) is 0 Å². The fraction of sp³-hybridized carbons (Fsp3) is 0.250. The number of aryl methyl sites for hydroxylation is 5. The SMILES string of the molecule is [2H]C(C)(C)N1C=CN(c2c(C)ccc3c2oc2ccccc23)[C@H]1C.[2H]C(C)(C)N1c2ccccc2N(c2c(C)ccc3c2oc2ccccc23)[C@H]1C.[2H]C([2H])([2H])C([2H])(C)N1C=CN(c2c(C)ccc3c2oc2ccccc23)[C@H]1C.[2H]C([2H])([2H])N1C=CN(c2c(C)ccc3c2oc2ccccc23)[C@H]1C.[2H]C([2H])([2H])N1c2ccccc2N(c2c(C)ccc3c2oc2ccccc23)[C@H]1C. The van der Waals surface area contributed by atoms with E-state index in [2.05, 4.69) is 151 Å². The Morgan fingerprint density at radius 2 is 0.580 bits per heavy atom. The number of benzene rings is 12. The Morgan fingerprint density at radius 1 is 0.277 bits per heavy atom. The van der Waals surface area contributed by atoms with Crippen LogP contribution in [0.4, 0.5) is 51.2 Å². The van der Waals surface area contributed by atoms with E-state index in [0.29, 0.717) is 5.69 Å². The van der Waals surface area contributed by atoms with Crippen molar-refractivity contribution in [1.29, 1.82) is 0 Å². The number of nitrogens with zero attached hydrogens (tertiary/aromatic N) is 10. The van der Waals surface area contributed by atoms with Gasteiger partial charge in [0.05, 0.1) is 55.3 Å². The Bertz CT molecular complexity index is 7040. The molecule has 17 aromatic rings. The van der Waals surface area contributed by atoms with E-state index in [1.807, 2.05) is 236 Å². The summed E-state index contributed by atoms with van der Waals surface area (Å²) in [5.41, 5.74) is 22.6. The van der Waals surface area contributed by atoms with Gasteiger partial charge in [0.2, 0.25) is 0 Å². The number of rotatable bonds is 8. The number of furan rings is 5. The molecule has 22 rings (SSSR count). The third-order valence-corrected chi connectivity index (χ3v) is 24.1. The highest BCUT2D eigenvalue weighted by molar-refractivity contribution is 6.15. The normalized spacial score (nSPS) is 20.0. The largest absolute Gasteiger partial charge is 0.454 e. The van der Waals surface area contributed by atoms with Crippen LogP contribution < -0.4 is 34.3 Å². The average Bonchev–Trinajstić information content (AvgIpc) is 1.55. The molecule has 10 heterocycles. The molecule has 0 radical (unpaired) electrons. The van der Waals surface area contributed by atoms with E-state index in [9.17, 15) is 0 Å². The second-order valence-corrected chi connectivity index (χ2v) is 32.0. The molecule has 0 amide bonds. The summed E-state index contributed by atoms with van der Waals surface area (Å²) in [6.45, 7) is 22.6. The summed E-state index contributed by atoms with van der Waals surface area (Å²) in [6, 6.07) is 74.0. The van der Waals surface area contributed by atoms with Crippen LogP contribution in [-0.2, 0) is 0 Å². The molecule has 0 saturated heterocycles. The van der Waals surface area contributed by atoms with Crippen LogP contribution in [0.1, 0.15) is 120 Å². The molecule has 0 bridgehead atoms. The molecule has 5 aliphatic heterocycles. The van der Waals surface area contributed by atoms with E-state index in [1.165, 1.54) is 22.3 Å². The van der Waals surface area contributed by atoms with E-state index in [4.69, 9.17) is 38.5 Å². The quantitative estimate of drug-likeness (QED) is 0.144. The highest BCUT2D eigenvalue weighted by atomic mass is 16.3. The van der Waals surface area contributed by atoms with E-state index < -0.39 is 38.9 Å². The zero-order valence-electron chi connectivity index (χ0n) is 81.8. The van der Waals surface area contributed by atoms with Gasteiger partial charge in [-0.2, -0.15) is 0 Å². The van der Waals surface area contributed by atoms with Crippen molar-refractivity contribution in [3.8, 4) is 0 Å². The topological polar surface area (TPSA) is 98.1 Å². The lowest BCUT2D eigenvalue weighted by Crippen LogP contribution is -2.42. The first-order valence-electron chi connectivity index (χ1n) is 46.8. The van der Waals surface area contributed by atoms with Crippen LogP contribution >= 0.6 is 0 Å². The fourth-order valence-corrected chi connectivity index (χ4v) is 18.2. The van der Waals surface area contributed by atoms with Gasteiger partial charge in [0.1, 0.15) is 58.7 Å². The van der Waals surface area contributed by atoms with Crippen LogP contribution in [-0.4, -0.2) is 77.5 Å². The van der Waals surface area contributed by atoms with Crippen LogP contribution in [0.15, 0.2) is 290 Å². The smallest absolute Gasteiger partial charge is 0.159 e. The maximum atomic E-state index is 8.72. The van der Waals surface area contributed by atoms with Crippen molar-refractivity contribution in [3.63, 3.8) is 0 Å². The second-order valence-electron chi connectivity index (χ2n) is 32.0. The number of anilines is 9. The molecule has 6 atom stereocenters. The molecule has 15 nitrogen and oxygen atoms in total. The molecule has 5 aromatic heterocycles. The van der Waals surface area contributed by atoms with Crippen LogP contribution in [0.5, 0.6) is 0 Å². The second kappa shape index (κ2) is 30.7. The van der Waals surface area contributed by atoms with Crippen molar-refractivity contribution >= 4 is 161 Å². The zero-order valence-corrected chi connectivity index (χ0v) is 69.8. The molecule has 602 valence electrons. The molecule has 5 aliphatic rings. The van der Waals surface area contributed by atoms with Crippen molar-refractivity contribution in [2.24, 2.45) is 0 Å². The van der Waals surface area contributed by atoms with Crippen molar-refractivity contribution in [1.82, 2.24) is 14.7 Å². The number of para-hydroxylation sites is 9. The average molecular weight is 1590 g/mol. The molecule has 0 N–H and O–H groups in total. The van der Waals surface area contributed by atoms with E-state index in [1.54, 1.807) is 17.3 Å². The van der Waals surface area contributed by atoms with Gasteiger partial charge < -0.3 is 71.1 Å². The summed E-state index contributed by atoms with van der Waals surface area (Å²) in [4.78, 5) is 19.2. The lowest BCUT2D eigenvalue weighted by molar-refractivity contribution is 0.263. The maximum absolute atomic E-state index is 8.72. The third-order valence-electron chi connectivity index (χ3n) is 24.1. The van der Waals surface area contributed by atoms with Gasteiger partial charge in [-0.25, -0.2) is 0 Å². The lowest BCUT2D eigenvalue weighted by Gasteiger charge is -2.33. The molecular formula is C104H106N10O5. The van der Waals surface area contributed by atoms with Crippen molar-refractivity contribution in [3.05, 3.63) is 296 Å². The Hall–Kier alpha value is -13.1. The summed E-state index contributed by atoms with van der Waals surface area (Å²) in [7, 11) is 0. The standard InChI is InChI=1S/C24H24N2O.C22H20N2O.2C20H22N2O.C18H18N2O/c1-15(2)25-17(4)26(21-11-7-6-10-20(21)25)23-16(3)13-14-19-18-9-5-8-12-22(18)27-24(19)23;1-14-12-13-17-16-8-4-7-11-20(16)25-22(17)21(14)24-15(2)23(3)18-9-5-6-10-19(18)24;2*1-13(2)21-11-12-22(15(21)4)19-14(3)9-10-17-16-7-5-6-8-18(16)23-20(17)19;1-12-8-9-15-14-6-4-5-7-16(14)21-18(15)17(12)20-11-10-19(3)13(20)2/h5-15,17H,1-4H3;4-13,15H,1-3H3;2*5-13,15H,1-4H3;4-11,13H,1-3H3/t17-;3*15-;13-/m00000/s1/i15D;3D3;1D3,13D;13D;3D3/t2m;13?,15-;2m. The molecule has 119 heavy (non-hydrogen) atoms. The Labute approximate surface area is 714 Å². The predicted octanol–water partition coefficient (Wildman–Crippen LogP) is 27.4. The van der Waals surface area contributed by atoms with Gasteiger partial charge in [0.25, 0.3) is 0 Å². The first-order valence-corrected chi connectivity index (χ1v) is 40.8. The van der Waals surface area contributed by atoms with Gasteiger partial charge in [0.15, 0.2) is 27.9 Å². The van der Waals surface area contributed by atoms with Crippen LogP contribution in [0, 0.1) is 34.6 Å². The first kappa shape index (κ1) is 64.0. The Kier molecular flexibility index (Phi) is 16.5. The molecule has 0 spiro atoms. The molecule has 1 unspecified atom stereocenters. The highest BCUT2D eigenvalue weighted by Crippen LogP contribution is 2.52. The zero-order chi connectivity index (χ0) is 92.9. The molecule has 12 aromatic carbocycles. The van der Waals surface area contributed by atoms with Crippen molar-refractivity contribution in [2.75, 3.05) is 48.3 Å². The van der Waals surface area contributed by atoms with E-state index in [-0.39, 0.29) is 30.8 Å². The first-order chi connectivity index (χ1) is 62.1. The van der Waals surface area contributed by atoms with Crippen LogP contribution in [0.2, 0.25) is 0 Å². The summed E-state index contributed by atoms with van der Waals surface area (Å²) >= 11 is 0. The number of hydrogen-bond donors (Lipinski definition) is 0. The molecule has 0 saturated carbocycles. The van der Waals surface area contributed by atoms with Gasteiger partial charge in [-0.05, 0) is 193 Å². The number of hydrogen-bond acceptors (Lipinski definition) is 15. The monoisotopic (exact) mass is 1590 g/mol. The summed E-state index contributed by atoms with van der Waals surface area (Å²) in [6.07, 6.45) is 10.1. The minimum absolute atomic E-state index is 0.00223. The predicted molar refractivity (Wildman–Crippen MR) is 499 cm³/mol. The summed E-state index contributed by atoms with van der Waals surface area (Å²) in [5.74, 6) is 0. The lowest BCUT2D eigenvalue weighted by atomic mass is 10.1. The molecule has 0 aliphatic carbocycles. The highest BCUT2D eigenvalue weighted by Gasteiger charge is 2.39. The van der Waals surface area contributed by atoms with Gasteiger partial charge >= 0.3 is 0 Å². The van der Waals surface area contributed by atoms with Crippen LogP contribution in [0.25, 0.3) is 110 Å². The van der Waals surface area contributed by atoms with Gasteiger partial charge in [-0.1, -0.05) is 176 Å².